The molecule has 1 aliphatic rings. The van der Waals surface area contributed by atoms with E-state index in [-0.39, 0.29) is 6.10 Å². The molecule has 1 aromatic carbocycles. The summed E-state index contributed by atoms with van der Waals surface area (Å²) in [6.07, 6.45) is 0.977. The Hall–Kier alpha value is -1.59. The van der Waals surface area contributed by atoms with Crippen molar-refractivity contribution < 1.29 is 4.74 Å². The van der Waals surface area contributed by atoms with Crippen LogP contribution in [0.4, 0.5) is 5.69 Å². The largest absolute Gasteiger partial charge is 0.481 e. The Morgan fingerprint density at radius 2 is 2.21 bits per heavy atom. The maximum atomic E-state index is 5.80. The minimum absolute atomic E-state index is 0.141. The van der Waals surface area contributed by atoms with E-state index in [1.165, 1.54) is 5.56 Å². The molecule has 0 bridgehead atoms. The van der Waals surface area contributed by atoms with Crippen LogP contribution < -0.4 is 21.1 Å². The fourth-order valence-electron chi connectivity index (χ4n) is 1.96. The highest BCUT2D eigenvalue weighted by Crippen LogP contribution is 2.32. The summed E-state index contributed by atoms with van der Waals surface area (Å²) in [4.78, 5) is 4.38. The van der Waals surface area contributed by atoms with Gasteiger partial charge in [0.2, 0.25) is 0 Å². The van der Waals surface area contributed by atoms with Crippen LogP contribution in [0.1, 0.15) is 18.9 Å². The van der Waals surface area contributed by atoms with Crippen molar-refractivity contribution in [1.29, 1.82) is 0 Å². The number of hydrogen-bond acceptors (Lipinski definition) is 5. The highest BCUT2D eigenvalue weighted by Gasteiger charge is 2.17. The van der Waals surface area contributed by atoms with Crippen molar-refractivity contribution in [1.82, 2.24) is 10.6 Å². The average molecular weight is 262 g/mol. The monoisotopic (exact) mass is 262 g/mol. The van der Waals surface area contributed by atoms with Gasteiger partial charge in [-0.1, -0.05) is 6.07 Å². The molecule has 0 amide bonds. The molecule has 0 radical (unpaired) electrons. The topological polar surface area (TPSA) is 71.7 Å². The summed E-state index contributed by atoms with van der Waals surface area (Å²) < 4.78 is 5.67. The zero-order valence-corrected chi connectivity index (χ0v) is 11.6. The first-order valence-electron chi connectivity index (χ1n) is 6.69. The molecule has 19 heavy (non-hydrogen) atoms. The molecule has 4 N–H and O–H groups in total. The molecule has 0 saturated carbocycles. The summed E-state index contributed by atoms with van der Waals surface area (Å²) in [5.74, 6) is 1.34. The average Bonchev–Trinajstić information content (AvgIpc) is 2.40. The minimum atomic E-state index is -0.141. The predicted molar refractivity (Wildman–Crippen MR) is 78.1 cm³/mol. The zero-order chi connectivity index (χ0) is 13.7. The molecule has 0 aromatic heterocycles. The van der Waals surface area contributed by atoms with Crippen LogP contribution in [0.25, 0.3) is 0 Å². The SMILES string of the molecule is CNCCCNCc1ccc2c(c1)N=C(N)C(C)O2. The smallest absolute Gasteiger partial charge is 0.153 e. The van der Waals surface area contributed by atoms with Crippen LogP contribution in [0.3, 0.4) is 0 Å². The van der Waals surface area contributed by atoms with Gasteiger partial charge in [-0.15, -0.1) is 0 Å². The van der Waals surface area contributed by atoms with Gasteiger partial charge in [-0.25, -0.2) is 4.99 Å². The highest BCUT2D eigenvalue weighted by molar-refractivity contribution is 5.89. The number of rotatable bonds is 6. The normalized spacial score (nSPS) is 17.6. The lowest BCUT2D eigenvalue weighted by atomic mass is 10.1. The van der Waals surface area contributed by atoms with Crippen LogP contribution >= 0.6 is 0 Å². The number of nitrogens with zero attached hydrogens (tertiary/aromatic N) is 1. The molecule has 104 valence electrons. The highest BCUT2D eigenvalue weighted by atomic mass is 16.5. The minimum Gasteiger partial charge on any atom is -0.481 e. The number of fused-ring (bicyclic) bond motifs is 1. The maximum Gasteiger partial charge on any atom is 0.153 e. The first-order chi connectivity index (χ1) is 9.20. The van der Waals surface area contributed by atoms with Gasteiger partial charge in [0.1, 0.15) is 17.3 Å². The van der Waals surface area contributed by atoms with Crippen LogP contribution in [-0.4, -0.2) is 32.1 Å². The molecule has 5 heteroatoms. The molecule has 1 aliphatic heterocycles. The van der Waals surface area contributed by atoms with E-state index in [4.69, 9.17) is 10.5 Å². The predicted octanol–water partition coefficient (Wildman–Crippen LogP) is 1.16. The van der Waals surface area contributed by atoms with Crippen molar-refractivity contribution in [3.63, 3.8) is 0 Å². The van der Waals surface area contributed by atoms with Gasteiger partial charge >= 0.3 is 0 Å². The standard InChI is InChI=1S/C14H22N4O/c1-10-14(15)18-12-8-11(4-5-13(12)19-10)9-17-7-3-6-16-2/h4-5,8,10,16-17H,3,6-7,9H2,1-2H3,(H2,15,18). The lowest BCUT2D eigenvalue weighted by molar-refractivity contribution is 0.281. The number of aliphatic imine (C=N–C) groups is 1. The maximum absolute atomic E-state index is 5.80. The Labute approximate surface area is 114 Å². The van der Waals surface area contributed by atoms with E-state index in [9.17, 15) is 0 Å². The first kappa shape index (κ1) is 13.8. The second kappa shape index (κ2) is 6.54. The number of hydrogen-bond donors (Lipinski definition) is 3. The van der Waals surface area contributed by atoms with E-state index in [1.807, 2.05) is 26.1 Å². The van der Waals surface area contributed by atoms with Gasteiger partial charge in [0.25, 0.3) is 0 Å². The van der Waals surface area contributed by atoms with E-state index in [1.54, 1.807) is 0 Å². The van der Waals surface area contributed by atoms with Crippen molar-refractivity contribution in [3.8, 4) is 5.75 Å². The quantitative estimate of drug-likeness (QED) is 0.673. The van der Waals surface area contributed by atoms with Gasteiger partial charge in [-0.3, -0.25) is 0 Å². The Morgan fingerprint density at radius 1 is 1.37 bits per heavy atom. The van der Waals surface area contributed by atoms with Gasteiger partial charge in [-0.2, -0.15) is 0 Å². The van der Waals surface area contributed by atoms with Gasteiger partial charge in [0, 0.05) is 6.54 Å². The molecule has 0 saturated heterocycles. The van der Waals surface area contributed by atoms with Gasteiger partial charge < -0.3 is 21.1 Å². The van der Waals surface area contributed by atoms with Crippen LogP contribution in [0.2, 0.25) is 0 Å². The van der Waals surface area contributed by atoms with Gasteiger partial charge in [-0.05, 0) is 51.2 Å². The van der Waals surface area contributed by atoms with Crippen molar-refractivity contribution in [2.45, 2.75) is 26.0 Å². The molecule has 1 aromatic rings. The van der Waals surface area contributed by atoms with Crippen molar-refractivity contribution in [2.75, 3.05) is 20.1 Å². The molecule has 1 heterocycles. The molecule has 0 spiro atoms. The molecular formula is C14H22N4O. The number of amidine groups is 1. The molecule has 0 aliphatic carbocycles. The summed E-state index contributed by atoms with van der Waals surface area (Å²) in [5.41, 5.74) is 7.82. The van der Waals surface area contributed by atoms with Crippen LogP contribution in [0.15, 0.2) is 23.2 Å². The zero-order valence-electron chi connectivity index (χ0n) is 11.6. The Kier molecular flexibility index (Phi) is 4.76. The number of nitrogens with two attached hydrogens (primary N) is 1. The van der Waals surface area contributed by atoms with Crippen molar-refractivity contribution >= 4 is 11.5 Å². The molecule has 5 nitrogen and oxygen atoms in total. The van der Waals surface area contributed by atoms with E-state index in [0.29, 0.717) is 5.84 Å². The summed E-state index contributed by atoms with van der Waals surface area (Å²) in [5, 5.41) is 6.53. The molecule has 1 unspecified atom stereocenters. The van der Waals surface area contributed by atoms with Crippen LogP contribution in [-0.2, 0) is 6.54 Å². The summed E-state index contributed by atoms with van der Waals surface area (Å²) in [6, 6.07) is 6.05. The van der Waals surface area contributed by atoms with Crippen LogP contribution in [0, 0.1) is 0 Å². The second-order valence-corrected chi connectivity index (χ2v) is 4.73. The van der Waals surface area contributed by atoms with Gasteiger partial charge in [0.05, 0.1) is 0 Å². The van der Waals surface area contributed by atoms with E-state index >= 15 is 0 Å². The lowest BCUT2D eigenvalue weighted by Crippen LogP contribution is -2.33. The third kappa shape index (κ3) is 3.68. The third-order valence-electron chi connectivity index (χ3n) is 3.10. The third-order valence-corrected chi connectivity index (χ3v) is 3.10. The van der Waals surface area contributed by atoms with Crippen LogP contribution in [0.5, 0.6) is 5.75 Å². The van der Waals surface area contributed by atoms with Crippen molar-refractivity contribution in [3.05, 3.63) is 23.8 Å². The molecular weight excluding hydrogens is 240 g/mol. The van der Waals surface area contributed by atoms with E-state index in [2.05, 4.69) is 21.7 Å². The number of ether oxygens (including phenoxy) is 1. The summed E-state index contributed by atoms with van der Waals surface area (Å²) in [7, 11) is 1.97. The first-order valence-corrected chi connectivity index (χ1v) is 6.69. The fourth-order valence-corrected chi connectivity index (χ4v) is 1.96. The van der Waals surface area contributed by atoms with Crippen molar-refractivity contribution in [2.24, 2.45) is 10.7 Å². The fraction of sp³-hybridized carbons (Fsp3) is 0.500. The second-order valence-electron chi connectivity index (χ2n) is 4.73. The Bertz CT molecular complexity index is 459. The summed E-state index contributed by atoms with van der Waals surface area (Å²) >= 11 is 0. The summed E-state index contributed by atoms with van der Waals surface area (Å²) in [6.45, 7) is 4.77. The Balaban J connectivity index is 1.93. The lowest BCUT2D eigenvalue weighted by Gasteiger charge is -2.21. The van der Waals surface area contributed by atoms with E-state index < -0.39 is 0 Å². The Morgan fingerprint density at radius 3 is 3.00 bits per heavy atom. The molecule has 0 fully saturated rings. The van der Waals surface area contributed by atoms with Gasteiger partial charge in [0.15, 0.2) is 6.10 Å². The number of benzene rings is 1. The number of nitrogens with one attached hydrogen (secondary N) is 2. The van der Waals surface area contributed by atoms with E-state index in [0.717, 1.165) is 37.5 Å². The molecule has 2 rings (SSSR count). The molecule has 1 atom stereocenters.